The number of anilines is 1. The van der Waals surface area contributed by atoms with Crippen LogP contribution >= 0.6 is 0 Å². The molecule has 0 atom stereocenters. The topological polar surface area (TPSA) is 131 Å². The Labute approximate surface area is 170 Å². The van der Waals surface area contributed by atoms with Crippen LogP contribution in [0.25, 0.3) is 6.08 Å². The van der Waals surface area contributed by atoms with E-state index in [1.54, 1.807) is 24.3 Å². The molecule has 0 radical (unpaired) electrons. The number of rotatable bonds is 7. The Morgan fingerprint density at radius 2 is 1.77 bits per heavy atom. The molecule has 1 aliphatic rings. The highest BCUT2D eigenvalue weighted by Crippen LogP contribution is 2.17. The van der Waals surface area contributed by atoms with Gasteiger partial charge in [-0.05, 0) is 48.0 Å². The number of halogens is 1. The number of benzene rings is 2. The fraction of sp³-hybridized carbons (Fsp3) is 0.100. The van der Waals surface area contributed by atoms with Crippen LogP contribution in [0.15, 0.2) is 54.2 Å². The van der Waals surface area contributed by atoms with E-state index in [0.717, 1.165) is 4.90 Å². The lowest BCUT2D eigenvalue weighted by atomic mass is 10.2. The molecule has 0 aliphatic carbocycles. The molecular formula is C20H17FN4O5. The predicted molar refractivity (Wildman–Crippen MR) is 104 cm³/mol. The molecule has 2 aromatic rings. The van der Waals surface area contributed by atoms with Gasteiger partial charge in [-0.3, -0.25) is 14.4 Å². The second kappa shape index (κ2) is 8.86. The molecule has 9 nitrogen and oxygen atoms in total. The number of imide groups is 1. The Morgan fingerprint density at radius 1 is 1.10 bits per heavy atom. The number of carbonyl (C=O) groups is 4. The summed E-state index contributed by atoms with van der Waals surface area (Å²) in [4.78, 5) is 48.1. The zero-order chi connectivity index (χ0) is 21.7. The summed E-state index contributed by atoms with van der Waals surface area (Å²) in [5, 5.41) is 4.89. The summed E-state index contributed by atoms with van der Waals surface area (Å²) in [6, 6.07) is 10.7. The molecule has 10 heteroatoms. The molecule has 0 aromatic heterocycles. The van der Waals surface area contributed by atoms with Crippen LogP contribution in [0.2, 0.25) is 0 Å². The number of hydrogen-bond donors (Lipinski definition) is 3. The first-order chi connectivity index (χ1) is 14.3. The van der Waals surface area contributed by atoms with Gasteiger partial charge < -0.3 is 21.1 Å². The lowest BCUT2D eigenvalue weighted by Crippen LogP contribution is -2.38. The first-order valence-electron chi connectivity index (χ1n) is 8.73. The van der Waals surface area contributed by atoms with Gasteiger partial charge in [-0.2, -0.15) is 0 Å². The van der Waals surface area contributed by atoms with E-state index in [9.17, 15) is 23.6 Å². The van der Waals surface area contributed by atoms with Crippen molar-refractivity contribution in [2.45, 2.75) is 0 Å². The number of carbonyl (C=O) groups excluding carboxylic acids is 4. The van der Waals surface area contributed by atoms with Crippen LogP contribution in [0.3, 0.4) is 0 Å². The van der Waals surface area contributed by atoms with Crippen molar-refractivity contribution >= 4 is 35.5 Å². The first kappa shape index (κ1) is 20.5. The van der Waals surface area contributed by atoms with E-state index in [4.69, 9.17) is 10.5 Å². The minimum Gasteiger partial charge on any atom is -0.484 e. The maximum absolute atomic E-state index is 12.9. The molecule has 0 unspecified atom stereocenters. The summed E-state index contributed by atoms with van der Waals surface area (Å²) in [7, 11) is 0. The molecule has 1 heterocycles. The van der Waals surface area contributed by atoms with Crippen molar-refractivity contribution in [3.8, 4) is 5.75 Å². The zero-order valence-corrected chi connectivity index (χ0v) is 15.6. The fourth-order valence-corrected chi connectivity index (χ4v) is 2.57. The van der Waals surface area contributed by atoms with Crippen LogP contribution in [0, 0.1) is 5.82 Å². The van der Waals surface area contributed by atoms with Gasteiger partial charge in [0.1, 0.15) is 23.8 Å². The van der Waals surface area contributed by atoms with E-state index in [1.807, 2.05) is 0 Å². The van der Waals surface area contributed by atoms with Gasteiger partial charge in [0, 0.05) is 5.69 Å². The molecule has 154 valence electrons. The number of hydrogen-bond acceptors (Lipinski definition) is 5. The Balaban J connectivity index is 1.62. The molecule has 3 rings (SSSR count). The lowest BCUT2D eigenvalue weighted by molar-refractivity contribution is -0.127. The van der Waals surface area contributed by atoms with Crippen molar-refractivity contribution in [1.82, 2.24) is 10.2 Å². The largest absolute Gasteiger partial charge is 0.484 e. The number of amides is 5. The molecule has 2 aromatic carbocycles. The van der Waals surface area contributed by atoms with Crippen molar-refractivity contribution in [2.75, 3.05) is 18.5 Å². The first-order valence-corrected chi connectivity index (χ1v) is 8.73. The highest BCUT2D eigenvalue weighted by atomic mass is 19.1. The molecule has 1 aliphatic heterocycles. The van der Waals surface area contributed by atoms with Crippen LogP contribution in [-0.2, 0) is 14.4 Å². The monoisotopic (exact) mass is 412 g/mol. The Bertz CT molecular complexity index is 1020. The number of nitrogens with zero attached hydrogens (tertiary/aromatic N) is 1. The summed E-state index contributed by atoms with van der Waals surface area (Å²) >= 11 is 0. The van der Waals surface area contributed by atoms with E-state index in [0.29, 0.717) is 17.0 Å². The number of urea groups is 1. The van der Waals surface area contributed by atoms with E-state index < -0.39 is 36.1 Å². The number of primary amides is 1. The maximum Gasteiger partial charge on any atom is 0.329 e. The highest BCUT2D eigenvalue weighted by Gasteiger charge is 2.34. The average molecular weight is 412 g/mol. The third-order valence-corrected chi connectivity index (χ3v) is 3.96. The van der Waals surface area contributed by atoms with Gasteiger partial charge >= 0.3 is 6.03 Å². The van der Waals surface area contributed by atoms with E-state index in [-0.39, 0.29) is 12.3 Å². The van der Waals surface area contributed by atoms with Gasteiger partial charge in [0.15, 0.2) is 6.61 Å². The van der Waals surface area contributed by atoms with Crippen LogP contribution in [-0.4, -0.2) is 41.8 Å². The van der Waals surface area contributed by atoms with Crippen molar-refractivity contribution in [3.63, 3.8) is 0 Å². The molecule has 5 amide bonds. The molecule has 4 N–H and O–H groups in total. The smallest absolute Gasteiger partial charge is 0.329 e. The molecule has 0 spiro atoms. The van der Waals surface area contributed by atoms with E-state index in [1.165, 1.54) is 30.3 Å². The van der Waals surface area contributed by atoms with Crippen LogP contribution in [0.5, 0.6) is 5.75 Å². The van der Waals surface area contributed by atoms with Crippen LogP contribution < -0.4 is 21.1 Å². The lowest BCUT2D eigenvalue weighted by Gasteiger charge is -2.11. The minimum absolute atomic E-state index is 0.000358. The number of nitrogens with two attached hydrogens (primary N) is 1. The molecular weight excluding hydrogens is 395 g/mol. The fourth-order valence-electron chi connectivity index (χ4n) is 2.57. The normalized spacial score (nSPS) is 14.6. The molecule has 0 bridgehead atoms. The van der Waals surface area contributed by atoms with E-state index in [2.05, 4.69) is 10.6 Å². The molecule has 0 saturated carbocycles. The van der Waals surface area contributed by atoms with Gasteiger partial charge in [-0.15, -0.1) is 0 Å². The Morgan fingerprint density at radius 3 is 2.40 bits per heavy atom. The second-order valence-electron chi connectivity index (χ2n) is 6.26. The van der Waals surface area contributed by atoms with Gasteiger partial charge in [0.05, 0.1) is 0 Å². The summed E-state index contributed by atoms with van der Waals surface area (Å²) in [6.45, 7) is -0.761. The second-order valence-corrected chi connectivity index (χ2v) is 6.26. The van der Waals surface area contributed by atoms with Gasteiger partial charge in [-0.1, -0.05) is 12.1 Å². The van der Waals surface area contributed by atoms with Crippen molar-refractivity contribution < 1.29 is 28.3 Å². The standard InChI is InChI=1S/C20H17FN4O5/c21-13-3-5-14(6-4-13)23-18(27)10-25-19(28)16(24-20(25)29)9-12-1-7-15(8-2-12)30-11-17(22)26/h1-9H,10-11H2,(H2,22,26)(H,23,27)(H,24,29)/b16-9-. The predicted octanol–water partition coefficient (Wildman–Crippen LogP) is 1.22. The molecule has 1 fully saturated rings. The van der Waals surface area contributed by atoms with Gasteiger partial charge in [-0.25, -0.2) is 14.1 Å². The van der Waals surface area contributed by atoms with Crippen molar-refractivity contribution in [2.24, 2.45) is 5.73 Å². The number of ether oxygens (including phenoxy) is 1. The average Bonchev–Trinajstić information content (AvgIpc) is 2.96. The Kier molecular flexibility index (Phi) is 6.06. The summed E-state index contributed by atoms with van der Waals surface area (Å²) in [6.07, 6.45) is 1.44. The van der Waals surface area contributed by atoms with Crippen molar-refractivity contribution in [3.05, 3.63) is 65.6 Å². The number of nitrogens with one attached hydrogen (secondary N) is 2. The van der Waals surface area contributed by atoms with Gasteiger partial charge in [0.2, 0.25) is 5.91 Å². The maximum atomic E-state index is 12.9. The minimum atomic E-state index is -0.734. The SMILES string of the molecule is NC(=O)COc1ccc(/C=C2\NC(=O)N(CC(=O)Nc3ccc(F)cc3)C2=O)cc1. The van der Waals surface area contributed by atoms with E-state index >= 15 is 0 Å². The molecule has 30 heavy (non-hydrogen) atoms. The van der Waals surface area contributed by atoms with Crippen LogP contribution in [0.4, 0.5) is 14.9 Å². The van der Waals surface area contributed by atoms with Crippen molar-refractivity contribution in [1.29, 1.82) is 0 Å². The highest BCUT2D eigenvalue weighted by molar-refractivity contribution is 6.15. The summed E-state index contributed by atoms with van der Waals surface area (Å²) < 4.78 is 18.1. The third-order valence-electron chi connectivity index (χ3n) is 3.96. The quantitative estimate of drug-likeness (QED) is 0.465. The molecule has 1 saturated heterocycles. The zero-order valence-electron chi connectivity index (χ0n) is 15.6. The van der Waals surface area contributed by atoms with Crippen LogP contribution in [0.1, 0.15) is 5.56 Å². The Hall–Kier alpha value is -4.21. The van der Waals surface area contributed by atoms with Gasteiger partial charge in [0.25, 0.3) is 11.8 Å². The summed E-state index contributed by atoms with van der Waals surface area (Å²) in [5.74, 6) is -1.92. The summed E-state index contributed by atoms with van der Waals surface area (Å²) in [5.41, 5.74) is 5.93. The third kappa shape index (κ3) is 5.19.